The van der Waals surface area contributed by atoms with Gasteiger partial charge in [-0.2, -0.15) is 0 Å². The molecule has 0 saturated heterocycles. The summed E-state index contributed by atoms with van der Waals surface area (Å²) in [4.78, 5) is 0. The van der Waals surface area contributed by atoms with Crippen LogP contribution in [0.2, 0.25) is 0 Å². The predicted octanol–water partition coefficient (Wildman–Crippen LogP) is 5.79. The van der Waals surface area contributed by atoms with Gasteiger partial charge in [-0.05, 0) is 58.2 Å². The lowest BCUT2D eigenvalue weighted by molar-refractivity contribution is 0.649. The van der Waals surface area contributed by atoms with Gasteiger partial charge in [-0.25, -0.2) is 0 Å². The van der Waals surface area contributed by atoms with Crippen molar-refractivity contribution in [2.45, 2.75) is 47.1 Å². The molecule has 0 aliphatic rings. The molecule has 1 heteroatoms. The lowest BCUT2D eigenvalue weighted by Gasteiger charge is -2.33. The highest BCUT2D eigenvalue weighted by molar-refractivity contribution is 5.53. The average molecular weight is 344 g/mol. The third-order valence-electron chi connectivity index (χ3n) is 5.03. The minimum atomic E-state index is -0.676. The van der Waals surface area contributed by atoms with Gasteiger partial charge in [0.25, 0.3) is 0 Å². The lowest BCUT2D eigenvalue weighted by Crippen LogP contribution is -2.39. The van der Waals surface area contributed by atoms with Crippen LogP contribution < -0.4 is 5.73 Å². The number of hydrogen-bond acceptors (Lipinski definition) is 1. The van der Waals surface area contributed by atoms with Gasteiger partial charge in [-0.3, -0.25) is 0 Å². The summed E-state index contributed by atoms with van der Waals surface area (Å²) in [6.07, 6.45) is 0. The summed E-state index contributed by atoms with van der Waals surface area (Å²) in [5.41, 5.74) is 17.5. The van der Waals surface area contributed by atoms with Crippen LogP contribution in [0, 0.1) is 41.5 Å². The molecule has 0 amide bonds. The number of nitrogens with two attached hydrogens (primary N) is 1. The van der Waals surface area contributed by atoms with Crippen LogP contribution in [0.15, 0.2) is 54.6 Å². The van der Waals surface area contributed by atoms with E-state index in [-0.39, 0.29) is 0 Å². The van der Waals surface area contributed by atoms with E-state index in [0.717, 1.165) is 16.7 Å². The van der Waals surface area contributed by atoms with Crippen LogP contribution in [0.5, 0.6) is 0 Å². The molecule has 0 atom stereocenters. The second kappa shape index (κ2) is 6.74. The van der Waals surface area contributed by atoms with Gasteiger partial charge in [0.15, 0.2) is 0 Å². The Morgan fingerprint density at radius 1 is 0.423 bits per heavy atom. The fraction of sp³-hybridized carbons (Fsp3) is 0.280. The fourth-order valence-electron chi connectivity index (χ4n) is 4.11. The molecule has 0 aromatic heterocycles. The second-order valence-electron chi connectivity index (χ2n) is 7.94. The third-order valence-corrected chi connectivity index (χ3v) is 5.03. The van der Waals surface area contributed by atoms with E-state index in [2.05, 4.69) is 96.1 Å². The third kappa shape index (κ3) is 3.45. The summed E-state index contributed by atoms with van der Waals surface area (Å²) in [6.45, 7) is 12.8. The molecule has 3 aromatic rings. The summed E-state index contributed by atoms with van der Waals surface area (Å²) in [5.74, 6) is 0. The molecule has 0 radical (unpaired) electrons. The van der Waals surface area contributed by atoms with Crippen molar-refractivity contribution in [3.8, 4) is 0 Å². The molecule has 0 aliphatic heterocycles. The van der Waals surface area contributed by atoms with Crippen LogP contribution in [-0.4, -0.2) is 0 Å². The molecule has 0 saturated carbocycles. The molecule has 26 heavy (non-hydrogen) atoms. The molecular weight excluding hydrogens is 314 g/mol. The number of rotatable bonds is 3. The van der Waals surface area contributed by atoms with Crippen molar-refractivity contribution in [1.29, 1.82) is 0 Å². The minimum absolute atomic E-state index is 0.676. The Balaban J connectivity index is 2.38. The van der Waals surface area contributed by atoms with Crippen LogP contribution in [-0.2, 0) is 5.54 Å². The van der Waals surface area contributed by atoms with Gasteiger partial charge in [0, 0.05) is 0 Å². The zero-order valence-corrected chi connectivity index (χ0v) is 16.8. The fourth-order valence-corrected chi connectivity index (χ4v) is 4.11. The van der Waals surface area contributed by atoms with E-state index in [1.807, 2.05) is 0 Å². The summed E-state index contributed by atoms with van der Waals surface area (Å²) in [7, 11) is 0. The van der Waals surface area contributed by atoms with Crippen LogP contribution in [0.3, 0.4) is 0 Å². The summed E-state index contributed by atoms with van der Waals surface area (Å²) in [6, 6.07) is 20.0. The molecule has 0 heterocycles. The molecule has 134 valence electrons. The first-order chi connectivity index (χ1) is 12.2. The van der Waals surface area contributed by atoms with E-state index in [1.54, 1.807) is 0 Å². The van der Waals surface area contributed by atoms with E-state index >= 15 is 0 Å². The molecule has 1 nitrogen and oxygen atoms in total. The summed E-state index contributed by atoms with van der Waals surface area (Å²) >= 11 is 0. The van der Waals surface area contributed by atoms with E-state index in [4.69, 9.17) is 5.73 Å². The number of benzene rings is 3. The Bertz CT molecular complexity index is 780. The second-order valence-corrected chi connectivity index (χ2v) is 7.94. The normalized spacial score (nSPS) is 11.7. The van der Waals surface area contributed by atoms with Crippen molar-refractivity contribution in [2.75, 3.05) is 0 Å². The number of hydrogen-bond donors (Lipinski definition) is 1. The standard InChI is InChI=1S/C25H29N/c1-16-7-17(2)11-22(10-16)25(26,23-12-18(3)8-19(4)13-23)24-14-20(5)9-21(6)15-24/h7-15H,26H2,1-6H3. The average Bonchev–Trinajstić information content (AvgIpc) is 2.51. The Labute approximate surface area is 157 Å². The van der Waals surface area contributed by atoms with Gasteiger partial charge >= 0.3 is 0 Å². The highest BCUT2D eigenvalue weighted by Gasteiger charge is 2.33. The molecule has 2 N–H and O–H groups in total. The topological polar surface area (TPSA) is 26.0 Å². The van der Waals surface area contributed by atoms with E-state index < -0.39 is 5.54 Å². The van der Waals surface area contributed by atoms with Crippen molar-refractivity contribution < 1.29 is 0 Å². The number of aryl methyl sites for hydroxylation is 6. The van der Waals surface area contributed by atoms with Crippen LogP contribution in [0.1, 0.15) is 50.1 Å². The van der Waals surface area contributed by atoms with Gasteiger partial charge in [-0.1, -0.05) is 88.0 Å². The predicted molar refractivity (Wildman–Crippen MR) is 112 cm³/mol. The van der Waals surface area contributed by atoms with Crippen molar-refractivity contribution >= 4 is 0 Å². The van der Waals surface area contributed by atoms with Crippen LogP contribution in [0.4, 0.5) is 0 Å². The molecule has 0 aliphatic carbocycles. The first-order valence-corrected chi connectivity index (χ1v) is 9.23. The van der Waals surface area contributed by atoms with Crippen molar-refractivity contribution in [1.82, 2.24) is 0 Å². The Hall–Kier alpha value is -2.38. The summed E-state index contributed by atoms with van der Waals surface area (Å²) < 4.78 is 0. The molecule has 0 fully saturated rings. The maximum Gasteiger partial charge on any atom is 0.0923 e. The van der Waals surface area contributed by atoms with Gasteiger partial charge in [0.2, 0.25) is 0 Å². The SMILES string of the molecule is Cc1cc(C)cc(C(N)(c2cc(C)cc(C)c2)c2cc(C)cc(C)c2)c1. The summed E-state index contributed by atoms with van der Waals surface area (Å²) in [5, 5.41) is 0. The van der Waals surface area contributed by atoms with E-state index in [0.29, 0.717) is 0 Å². The minimum Gasteiger partial charge on any atom is -0.314 e. The van der Waals surface area contributed by atoms with Gasteiger partial charge in [-0.15, -0.1) is 0 Å². The largest absolute Gasteiger partial charge is 0.314 e. The van der Waals surface area contributed by atoms with Crippen molar-refractivity contribution in [3.63, 3.8) is 0 Å². The van der Waals surface area contributed by atoms with Gasteiger partial charge in [0.1, 0.15) is 0 Å². The lowest BCUT2D eigenvalue weighted by atomic mass is 9.75. The molecule has 0 bridgehead atoms. The highest BCUT2D eigenvalue weighted by Crippen LogP contribution is 2.37. The maximum atomic E-state index is 7.28. The molecule has 3 rings (SSSR count). The van der Waals surface area contributed by atoms with E-state index in [1.165, 1.54) is 33.4 Å². The Morgan fingerprint density at radius 3 is 0.808 bits per heavy atom. The molecule has 0 spiro atoms. The van der Waals surface area contributed by atoms with Crippen LogP contribution >= 0.6 is 0 Å². The molecule has 3 aromatic carbocycles. The maximum absolute atomic E-state index is 7.28. The van der Waals surface area contributed by atoms with Crippen molar-refractivity contribution in [2.24, 2.45) is 5.73 Å². The molecular formula is C25H29N. The first-order valence-electron chi connectivity index (χ1n) is 9.23. The van der Waals surface area contributed by atoms with Crippen molar-refractivity contribution in [3.05, 3.63) is 105 Å². The Morgan fingerprint density at radius 2 is 0.615 bits per heavy atom. The Kier molecular flexibility index (Phi) is 4.77. The van der Waals surface area contributed by atoms with E-state index in [9.17, 15) is 0 Å². The smallest absolute Gasteiger partial charge is 0.0923 e. The molecule has 0 unspecified atom stereocenters. The first kappa shape index (κ1) is 18.4. The monoisotopic (exact) mass is 343 g/mol. The zero-order valence-electron chi connectivity index (χ0n) is 16.8. The zero-order chi connectivity index (χ0) is 19.1. The van der Waals surface area contributed by atoms with Gasteiger partial charge in [0.05, 0.1) is 5.54 Å². The van der Waals surface area contributed by atoms with Gasteiger partial charge < -0.3 is 5.73 Å². The van der Waals surface area contributed by atoms with Crippen LogP contribution in [0.25, 0.3) is 0 Å². The highest BCUT2D eigenvalue weighted by atomic mass is 14.8. The quantitative estimate of drug-likeness (QED) is 0.599.